The van der Waals surface area contributed by atoms with Gasteiger partial charge in [0.05, 0.1) is 18.7 Å². The van der Waals surface area contributed by atoms with Crippen LogP contribution in [-0.4, -0.2) is 54.1 Å². The predicted molar refractivity (Wildman–Crippen MR) is 107 cm³/mol. The summed E-state index contributed by atoms with van der Waals surface area (Å²) < 4.78 is 10.3. The number of hydrogen-bond acceptors (Lipinski definition) is 6. The van der Waals surface area contributed by atoms with E-state index in [-0.39, 0.29) is 11.3 Å². The van der Waals surface area contributed by atoms with Crippen LogP contribution in [0.4, 0.5) is 0 Å². The van der Waals surface area contributed by atoms with Gasteiger partial charge in [-0.15, -0.1) is 0 Å². The molecular formula is C22H24N2O5. The summed E-state index contributed by atoms with van der Waals surface area (Å²) in [6.45, 7) is 2.61. The van der Waals surface area contributed by atoms with Crippen LogP contribution in [0.2, 0.25) is 0 Å². The van der Waals surface area contributed by atoms with Gasteiger partial charge in [-0.1, -0.05) is 0 Å². The van der Waals surface area contributed by atoms with E-state index in [4.69, 9.17) is 9.47 Å². The topological polar surface area (TPSA) is 89.0 Å². The molecule has 7 heteroatoms. The molecule has 3 rings (SSSR count). The summed E-state index contributed by atoms with van der Waals surface area (Å²) in [5, 5.41) is 11.1. The minimum absolute atomic E-state index is 0.0758. The molecule has 2 heterocycles. The first-order valence-corrected chi connectivity index (χ1v) is 9.31. The summed E-state index contributed by atoms with van der Waals surface area (Å²) in [4.78, 5) is 31.2. The molecule has 1 atom stereocenters. The number of carbonyl (C=O) groups is 2. The maximum atomic E-state index is 12.9. The number of carbonyl (C=O) groups excluding carboxylic acids is 2. The van der Waals surface area contributed by atoms with Crippen molar-refractivity contribution < 1.29 is 24.2 Å². The highest BCUT2D eigenvalue weighted by atomic mass is 16.5. The number of aryl methyl sites for hydroxylation is 1. The SMILES string of the molecule is COCCCN1C(=O)C(=O)/C(=C(/O)c2ccc(OC)cc2C)[C@@H]1c1ccncc1. The number of aromatic nitrogens is 1. The number of Topliss-reactive ketones (excluding diaryl/α,β-unsaturated/α-hetero) is 1. The zero-order chi connectivity index (χ0) is 21.0. The Kier molecular flexibility index (Phi) is 6.29. The third-order valence-corrected chi connectivity index (χ3v) is 5.00. The highest BCUT2D eigenvalue weighted by molar-refractivity contribution is 6.46. The second-order valence-electron chi connectivity index (χ2n) is 6.80. The summed E-state index contributed by atoms with van der Waals surface area (Å²) in [6, 6.07) is 7.97. The van der Waals surface area contributed by atoms with Gasteiger partial charge in [-0.3, -0.25) is 14.6 Å². The molecule has 1 aliphatic rings. The van der Waals surface area contributed by atoms with Crippen LogP contribution < -0.4 is 4.74 Å². The molecule has 0 radical (unpaired) electrons. The maximum Gasteiger partial charge on any atom is 0.295 e. The van der Waals surface area contributed by atoms with E-state index < -0.39 is 17.7 Å². The Bertz CT molecular complexity index is 939. The fourth-order valence-corrected chi connectivity index (χ4v) is 3.56. The Morgan fingerprint density at radius 1 is 1.17 bits per heavy atom. The van der Waals surface area contributed by atoms with Crippen molar-refractivity contribution in [2.24, 2.45) is 0 Å². The van der Waals surface area contributed by atoms with Crippen LogP contribution in [0.1, 0.15) is 29.2 Å². The first kappa shape index (κ1) is 20.5. The summed E-state index contributed by atoms with van der Waals surface area (Å²) in [7, 11) is 3.14. The fourth-order valence-electron chi connectivity index (χ4n) is 3.56. The molecule has 0 saturated carbocycles. The molecule has 0 spiro atoms. The molecule has 0 unspecified atom stereocenters. The fraction of sp³-hybridized carbons (Fsp3) is 0.318. The Morgan fingerprint density at radius 3 is 2.52 bits per heavy atom. The Labute approximate surface area is 169 Å². The molecule has 1 aliphatic heterocycles. The van der Waals surface area contributed by atoms with Gasteiger partial charge in [0.25, 0.3) is 11.7 Å². The standard InChI is InChI=1S/C22H24N2O5/c1-14-13-16(29-3)5-6-17(14)20(25)18-19(15-7-9-23-10-8-15)24(11-4-12-28-2)22(27)21(18)26/h5-10,13,19,25H,4,11-12H2,1-3H3/b20-18+/t19-/m0/s1. The van der Waals surface area contributed by atoms with Gasteiger partial charge >= 0.3 is 0 Å². The van der Waals surface area contributed by atoms with Gasteiger partial charge in [-0.25, -0.2) is 0 Å². The quantitative estimate of drug-likeness (QED) is 0.335. The van der Waals surface area contributed by atoms with E-state index in [1.54, 1.807) is 56.9 Å². The van der Waals surface area contributed by atoms with Crippen LogP contribution in [0.15, 0.2) is 48.3 Å². The van der Waals surface area contributed by atoms with Crippen LogP contribution in [0.5, 0.6) is 5.75 Å². The second kappa shape index (κ2) is 8.87. The van der Waals surface area contributed by atoms with Crippen LogP contribution in [0.3, 0.4) is 0 Å². The Hall–Kier alpha value is -3.19. The first-order chi connectivity index (χ1) is 14.0. The number of likely N-dealkylation sites (tertiary alicyclic amines) is 1. The lowest BCUT2D eigenvalue weighted by atomic mass is 9.94. The largest absolute Gasteiger partial charge is 0.507 e. The smallest absolute Gasteiger partial charge is 0.295 e. The van der Waals surface area contributed by atoms with Crippen molar-refractivity contribution in [3.8, 4) is 5.75 Å². The van der Waals surface area contributed by atoms with E-state index in [1.807, 2.05) is 6.92 Å². The third kappa shape index (κ3) is 4.00. The number of nitrogens with zero attached hydrogens (tertiary/aromatic N) is 2. The first-order valence-electron chi connectivity index (χ1n) is 9.31. The lowest BCUT2D eigenvalue weighted by Gasteiger charge is -2.25. The van der Waals surface area contributed by atoms with Crippen molar-refractivity contribution in [2.45, 2.75) is 19.4 Å². The summed E-state index contributed by atoms with van der Waals surface area (Å²) in [5.74, 6) is -0.878. The van der Waals surface area contributed by atoms with Gasteiger partial charge in [-0.05, 0) is 54.8 Å². The normalized spacial score (nSPS) is 18.3. The van der Waals surface area contributed by atoms with Crippen molar-refractivity contribution in [1.82, 2.24) is 9.88 Å². The van der Waals surface area contributed by atoms with Crippen LogP contribution in [0, 0.1) is 6.92 Å². The van der Waals surface area contributed by atoms with Crippen LogP contribution in [-0.2, 0) is 14.3 Å². The lowest BCUT2D eigenvalue weighted by Crippen LogP contribution is -2.31. The minimum atomic E-state index is -0.697. The van der Waals surface area contributed by atoms with E-state index in [2.05, 4.69) is 4.98 Å². The Balaban J connectivity index is 2.12. The average Bonchev–Trinajstić information content (AvgIpc) is 2.99. The number of benzene rings is 1. The Morgan fingerprint density at radius 2 is 1.90 bits per heavy atom. The number of pyridine rings is 1. The van der Waals surface area contributed by atoms with Crippen molar-refractivity contribution >= 4 is 17.4 Å². The van der Waals surface area contributed by atoms with Gasteiger partial charge < -0.3 is 19.5 Å². The van der Waals surface area contributed by atoms with Gasteiger partial charge in [0, 0.05) is 38.2 Å². The number of ketones is 1. The van der Waals surface area contributed by atoms with Crippen LogP contribution >= 0.6 is 0 Å². The molecule has 1 fully saturated rings. The summed E-state index contributed by atoms with van der Waals surface area (Å²) in [5.41, 5.74) is 2.01. The molecule has 1 amide bonds. The minimum Gasteiger partial charge on any atom is -0.507 e. The van der Waals surface area contributed by atoms with Gasteiger partial charge in [0.2, 0.25) is 0 Å². The molecule has 0 bridgehead atoms. The van der Waals surface area contributed by atoms with E-state index in [0.29, 0.717) is 36.4 Å². The monoisotopic (exact) mass is 396 g/mol. The average molecular weight is 396 g/mol. The van der Waals surface area contributed by atoms with E-state index >= 15 is 0 Å². The van der Waals surface area contributed by atoms with Gasteiger partial charge in [0.15, 0.2) is 0 Å². The van der Waals surface area contributed by atoms with E-state index in [9.17, 15) is 14.7 Å². The van der Waals surface area contributed by atoms with Crippen LogP contribution in [0.25, 0.3) is 5.76 Å². The number of methoxy groups -OCH3 is 2. The highest BCUT2D eigenvalue weighted by Crippen LogP contribution is 2.40. The van der Waals surface area contributed by atoms with E-state index in [0.717, 1.165) is 5.56 Å². The van der Waals surface area contributed by atoms with Crippen molar-refractivity contribution in [1.29, 1.82) is 0 Å². The number of aliphatic hydroxyl groups excluding tert-OH is 1. The van der Waals surface area contributed by atoms with Crippen molar-refractivity contribution in [3.05, 3.63) is 65.0 Å². The van der Waals surface area contributed by atoms with Gasteiger partial charge in [0.1, 0.15) is 11.5 Å². The maximum absolute atomic E-state index is 12.9. The number of hydrogen-bond donors (Lipinski definition) is 1. The van der Waals surface area contributed by atoms with E-state index in [1.165, 1.54) is 4.90 Å². The number of ether oxygens (including phenoxy) is 2. The van der Waals surface area contributed by atoms with Gasteiger partial charge in [-0.2, -0.15) is 0 Å². The summed E-state index contributed by atoms with van der Waals surface area (Å²) >= 11 is 0. The highest BCUT2D eigenvalue weighted by Gasteiger charge is 2.45. The predicted octanol–water partition coefficient (Wildman–Crippen LogP) is 2.86. The van der Waals surface area contributed by atoms with Crippen molar-refractivity contribution in [3.63, 3.8) is 0 Å². The number of amides is 1. The molecule has 2 aromatic rings. The molecule has 7 nitrogen and oxygen atoms in total. The molecular weight excluding hydrogens is 372 g/mol. The number of rotatable bonds is 7. The lowest BCUT2D eigenvalue weighted by molar-refractivity contribution is -0.140. The third-order valence-electron chi connectivity index (χ3n) is 5.00. The zero-order valence-electron chi connectivity index (χ0n) is 16.7. The molecule has 152 valence electrons. The molecule has 29 heavy (non-hydrogen) atoms. The molecule has 1 aromatic heterocycles. The zero-order valence-corrected chi connectivity index (χ0v) is 16.7. The van der Waals surface area contributed by atoms with Crippen molar-refractivity contribution in [2.75, 3.05) is 27.4 Å². The molecule has 1 N–H and O–H groups in total. The molecule has 1 aromatic carbocycles. The summed E-state index contributed by atoms with van der Waals surface area (Å²) in [6.07, 6.45) is 3.78. The number of aliphatic hydroxyl groups is 1. The molecule has 0 aliphatic carbocycles. The molecule has 1 saturated heterocycles. The second-order valence-corrected chi connectivity index (χ2v) is 6.80.